The Morgan fingerprint density at radius 1 is 1.39 bits per heavy atom. The molecule has 1 unspecified atom stereocenters. The largest absolute Gasteiger partial charge is 0.281 e. The summed E-state index contributed by atoms with van der Waals surface area (Å²) in [5, 5.41) is 10.9. The summed E-state index contributed by atoms with van der Waals surface area (Å²) in [6.45, 7) is 3.57. The number of nitrogens with one attached hydrogen (secondary N) is 1. The van der Waals surface area contributed by atoms with Crippen LogP contribution in [0, 0.1) is 11.5 Å². The lowest BCUT2D eigenvalue weighted by Gasteiger charge is -2.08. The predicted molar refractivity (Wildman–Crippen MR) is 69.8 cm³/mol. The van der Waals surface area contributed by atoms with Gasteiger partial charge in [0.25, 0.3) is 0 Å². The first-order chi connectivity index (χ1) is 8.34. The van der Waals surface area contributed by atoms with E-state index in [0.29, 0.717) is 5.84 Å². The zero-order valence-corrected chi connectivity index (χ0v) is 11.3. The van der Waals surface area contributed by atoms with E-state index in [9.17, 15) is 8.42 Å². The molecule has 96 valence electrons. The van der Waals surface area contributed by atoms with Crippen LogP contribution >= 0.6 is 0 Å². The lowest BCUT2D eigenvalue weighted by atomic mass is 10.1. The fourth-order valence-corrected chi connectivity index (χ4v) is 2.10. The van der Waals surface area contributed by atoms with E-state index in [2.05, 4.69) is 10.3 Å². The predicted octanol–water partition coefficient (Wildman–Crippen LogP) is 1.64. The van der Waals surface area contributed by atoms with Crippen molar-refractivity contribution in [3.05, 3.63) is 29.8 Å². The highest BCUT2D eigenvalue weighted by Gasteiger charge is 2.08. The summed E-state index contributed by atoms with van der Waals surface area (Å²) < 4.78 is 22.6. The average molecular weight is 265 g/mol. The second-order valence-corrected chi connectivity index (χ2v) is 5.98. The molecule has 1 rings (SSSR count). The van der Waals surface area contributed by atoms with E-state index in [1.807, 2.05) is 6.92 Å². The fourth-order valence-electron chi connectivity index (χ4n) is 1.47. The number of nitrogens with zero attached hydrogens (tertiary/aromatic N) is 2. The molecule has 0 fully saturated rings. The van der Waals surface area contributed by atoms with Gasteiger partial charge >= 0.3 is 0 Å². The standard InChI is InChI=1S/C12H15N3O2S/c1-9(15-10(2)14-8-13)11-4-6-12(7-5-11)18(3,16)17/h4-7,9H,1-3H3,(H,14,15). The van der Waals surface area contributed by atoms with Crippen LogP contribution < -0.4 is 5.32 Å². The Morgan fingerprint density at radius 3 is 2.39 bits per heavy atom. The van der Waals surface area contributed by atoms with Crippen LogP contribution in [0.5, 0.6) is 0 Å². The number of hydrogen-bond acceptors (Lipinski definition) is 4. The molecular weight excluding hydrogens is 250 g/mol. The van der Waals surface area contributed by atoms with E-state index in [-0.39, 0.29) is 10.9 Å². The smallest absolute Gasteiger partial charge is 0.182 e. The first-order valence-electron chi connectivity index (χ1n) is 5.34. The minimum atomic E-state index is -3.17. The Morgan fingerprint density at radius 2 is 1.94 bits per heavy atom. The summed E-state index contributed by atoms with van der Waals surface area (Å²) >= 11 is 0. The Bertz CT molecular complexity index is 583. The number of sulfone groups is 1. The van der Waals surface area contributed by atoms with Crippen molar-refractivity contribution in [3.8, 4) is 6.19 Å². The van der Waals surface area contributed by atoms with E-state index in [1.54, 1.807) is 37.4 Å². The van der Waals surface area contributed by atoms with Gasteiger partial charge in [0.1, 0.15) is 5.84 Å². The third kappa shape index (κ3) is 3.86. The summed E-state index contributed by atoms with van der Waals surface area (Å²) in [5.41, 5.74) is 0.890. The van der Waals surface area contributed by atoms with Crippen molar-refractivity contribution in [2.24, 2.45) is 4.99 Å². The van der Waals surface area contributed by atoms with Crippen molar-refractivity contribution < 1.29 is 8.42 Å². The van der Waals surface area contributed by atoms with Gasteiger partial charge in [0, 0.05) is 6.26 Å². The molecule has 0 radical (unpaired) electrons. The number of aliphatic imine (C=N–C) groups is 1. The average Bonchev–Trinajstić information content (AvgIpc) is 2.28. The Hall–Kier alpha value is -1.87. The Kier molecular flexibility index (Phi) is 4.45. The van der Waals surface area contributed by atoms with Crippen LogP contribution in [-0.4, -0.2) is 20.5 Å². The minimum Gasteiger partial charge on any atom is -0.281 e. The highest BCUT2D eigenvalue weighted by atomic mass is 32.2. The number of benzene rings is 1. The SMILES string of the molecule is CC(=NC(C)c1ccc(S(C)(=O)=O)cc1)NC#N. The van der Waals surface area contributed by atoms with Crippen LogP contribution in [0.1, 0.15) is 25.5 Å². The second kappa shape index (κ2) is 5.65. The van der Waals surface area contributed by atoms with E-state index in [4.69, 9.17) is 5.26 Å². The van der Waals surface area contributed by atoms with Crippen molar-refractivity contribution in [1.29, 1.82) is 5.26 Å². The van der Waals surface area contributed by atoms with E-state index < -0.39 is 9.84 Å². The van der Waals surface area contributed by atoms with Gasteiger partial charge in [-0.1, -0.05) is 12.1 Å². The molecule has 0 aromatic heterocycles. The monoisotopic (exact) mass is 265 g/mol. The number of amidine groups is 1. The molecule has 18 heavy (non-hydrogen) atoms. The first kappa shape index (κ1) is 14.2. The van der Waals surface area contributed by atoms with E-state index >= 15 is 0 Å². The molecular formula is C12H15N3O2S. The molecule has 0 saturated heterocycles. The molecule has 0 aliphatic rings. The lowest BCUT2D eigenvalue weighted by Crippen LogP contribution is -2.14. The van der Waals surface area contributed by atoms with Gasteiger partial charge in [-0.25, -0.2) is 8.42 Å². The molecule has 0 saturated carbocycles. The van der Waals surface area contributed by atoms with Gasteiger partial charge in [-0.15, -0.1) is 0 Å². The quantitative estimate of drug-likeness (QED) is 0.390. The molecule has 0 aliphatic carbocycles. The van der Waals surface area contributed by atoms with Gasteiger partial charge in [-0.2, -0.15) is 5.26 Å². The van der Waals surface area contributed by atoms with Gasteiger partial charge in [0.15, 0.2) is 16.0 Å². The van der Waals surface area contributed by atoms with Crippen LogP contribution in [0.4, 0.5) is 0 Å². The van der Waals surface area contributed by atoms with E-state index in [1.165, 1.54) is 6.26 Å². The topological polar surface area (TPSA) is 82.3 Å². The third-order valence-electron chi connectivity index (χ3n) is 2.41. The van der Waals surface area contributed by atoms with Crippen LogP contribution in [0.25, 0.3) is 0 Å². The molecule has 1 N–H and O–H groups in total. The Labute approximate surface area is 107 Å². The van der Waals surface area contributed by atoms with Crippen LogP contribution in [0.15, 0.2) is 34.2 Å². The maximum Gasteiger partial charge on any atom is 0.182 e. The summed E-state index contributed by atoms with van der Waals surface area (Å²) in [6.07, 6.45) is 2.96. The molecule has 1 aromatic carbocycles. The Balaban J connectivity index is 2.93. The number of hydrogen-bond donors (Lipinski definition) is 1. The lowest BCUT2D eigenvalue weighted by molar-refractivity contribution is 0.602. The normalized spacial score (nSPS) is 13.8. The van der Waals surface area contributed by atoms with Crippen LogP contribution in [0.2, 0.25) is 0 Å². The molecule has 0 spiro atoms. The summed E-state index contributed by atoms with van der Waals surface area (Å²) in [6, 6.07) is 6.43. The number of nitriles is 1. The van der Waals surface area contributed by atoms with Gasteiger partial charge in [-0.3, -0.25) is 10.3 Å². The molecule has 0 heterocycles. The van der Waals surface area contributed by atoms with E-state index in [0.717, 1.165) is 5.56 Å². The van der Waals surface area contributed by atoms with Crippen LogP contribution in [0.3, 0.4) is 0 Å². The third-order valence-corrected chi connectivity index (χ3v) is 3.54. The molecule has 6 heteroatoms. The molecule has 0 amide bonds. The molecule has 0 aliphatic heterocycles. The van der Waals surface area contributed by atoms with Crippen molar-refractivity contribution in [1.82, 2.24) is 5.32 Å². The number of rotatable bonds is 3. The molecule has 0 bridgehead atoms. The van der Waals surface area contributed by atoms with Crippen molar-refractivity contribution in [2.75, 3.05) is 6.26 Å². The van der Waals surface area contributed by atoms with Crippen molar-refractivity contribution in [3.63, 3.8) is 0 Å². The maximum absolute atomic E-state index is 11.3. The molecule has 1 aromatic rings. The summed E-state index contributed by atoms with van der Waals surface area (Å²) in [5.74, 6) is 0.525. The van der Waals surface area contributed by atoms with Crippen molar-refractivity contribution >= 4 is 15.7 Å². The first-order valence-corrected chi connectivity index (χ1v) is 7.23. The highest BCUT2D eigenvalue weighted by Crippen LogP contribution is 2.19. The molecule has 1 atom stereocenters. The minimum absolute atomic E-state index is 0.139. The van der Waals surface area contributed by atoms with Gasteiger partial charge < -0.3 is 0 Å². The van der Waals surface area contributed by atoms with Crippen LogP contribution in [-0.2, 0) is 9.84 Å². The second-order valence-electron chi connectivity index (χ2n) is 3.97. The van der Waals surface area contributed by atoms with Gasteiger partial charge in [0.2, 0.25) is 0 Å². The maximum atomic E-state index is 11.3. The molecule has 5 nitrogen and oxygen atoms in total. The zero-order valence-electron chi connectivity index (χ0n) is 10.5. The van der Waals surface area contributed by atoms with Crippen molar-refractivity contribution in [2.45, 2.75) is 24.8 Å². The zero-order chi connectivity index (χ0) is 13.8. The van der Waals surface area contributed by atoms with Gasteiger partial charge in [-0.05, 0) is 31.5 Å². The van der Waals surface area contributed by atoms with Gasteiger partial charge in [0.05, 0.1) is 10.9 Å². The summed E-state index contributed by atoms with van der Waals surface area (Å²) in [7, 11) is -3.17. The summed E-state index contributed by atoms with van der Waals surface area (Å²) in [4.78, 5) is 4.55. The fraction of sp³-hybridized carbons (Fsp3) is 0.333. The highest BCUT2D eigenvalue weighted by molar-refractivity contribution is 7.90.